The van der Waals surface area contributed by atoms with Gasteiger partial charge in [0, 0.05) is 6.04 Å². The number of aliphatic carboxylic acids is 1. The molecule has 26 heavy (non-hydrogen) atoms. The molecule has 2 aromatic carbocycles. The molecule has 2 aromatic rings. The normalized spacial score (nSPS) is 11.3. The van der Waals surface area contributed by atoms with E-state index in [1.165, 1.54) is 0 Å². The van der Waals surface area contributed by atoms with Gasteiger partial charge in [0.1, 0.15) is 12.4 Å². The van der Waals surface area contributed by atoms with E-state index < -0.39 is 5.97 Å². The van der Waals surface area contributed by atoms with Crippen molar-refractivity contribution in [3.05, 3.63) is 65.2 Å². The molecule has 0 aliphatic heterocycles. The SMILES string of the molecule is CC(Cc1ccc(OCc2ccc(C#N)cc2)cc1)N(C)CC(=O)O.Cl. The molecule has 138 valence electrons. The van der Waals surface area contributed by atoms with E-state index in [9.17, 15) is 4.79 Å². The maximum absolute atomic E-state index is 10.8. The Bertz CT molecular complexity index is 739. The lowest BCUT2D eigenvalue weighted by atomic mass is 10.1. The highest BCUT2D eigenvalue weighted by Gasteiger charge is 2.12. The van der Waals surface area contributed by atoms with Crippen LogP contribution in [0.2, 0.25) is 0 Å². The summed E-state index contributed by atoms with van der Waals surface area (Å²) >= 11 is 0. The summed E-state index contributed by atoms with van der Waals surface area (Å²) in [5.41, 5.74) is 2.78. The second-order valence-electron chi connectivity index (χ2n) is 6.10. The Balaban J connectivity index is 0.00000338. The summed E-state index contributed by atoms with van der Waals surface area (Å²) in [5.74, 6) is -0.0412. The van der Waals surface area contributed by atoms with Crippen LogP contribution in [-0.2, 0) is 17.8 Å². The Labute approximate surface area is 160 Å². The van der Waals surface area contributed by atoms with Gasteiger partial charge in [0.2, 0.25) is 0 Å². The first-order valence-corrected chi connectivity index (χ1v) is 8.10. The van der Waals surface area contributed by atoms with E-state index in [-0.39, 0.29) is 25.0 Å². The number of hydrogen-bond donors (Lipinski definition) is 1. The molecular formula is C20H23ClN2O3. The third kappa shape index (κ3) is 6.75. The smallest absolute Gasteiger partial charge is 0.317 e. The first-order valence-electron chi connectivity index (χ1n) is 8.10. The second-order valence-corrected chi connectivity index (χ2v) is 6.10. The summed E-state index contributed by atoms with van der Waals surface area (Å²) in [5, 5.41) is 17.6. The molecule has 0 amide bonds. The molecule has 0 spiro atoms. The van der Waals surface area contributed by atoms with Crippen molar-refractivity contribution in [2.75, 3.05) is 13.6 Å². The molecule has 5 nitrogen and oxygen atoms in total. The topological polar surface area (TPSA) is 73.6 Å². The summed E-state index contributed by atoms with van der Waals surface area (Å²) in [7, 11) is 1.81. The fourth-order valence-electron chi connectivity index (χ4n) is 2.43. The number of rotatable bonds is 8. The van der Waals surface area contributed by atoms with Gasteiger partial charge in [-0.3, -0.25) is 9.69 Å². The highest BCUT2D eigenvalue weighted by atomic mass is 35.5. The number of hydrogen-bond acceptors (Lipinski definition) is 4. The summed E-state index contributed by atoms with van der Waals surface area (Å²) in [6.07, 6.45) is 0.777. The van der Waals surface area contributed by atoms with Crippen LogP contribution in [0.3, 0.4) is 0 Å². The molecule has 0 aliphatic carbocycles. The van der Waals surface area contributed by atoms with Gasteiger partial charge in [-0.25, -0.2) is 0 Å². The molecule has 1 unspecified atom stereocenters. The minimum atomic E-state index is -0.819. The molecule has 0 aromatic heterocycles. The van der Waals surface area contributed by atoms with E-state index in [1.807, 2.05) is 55.3 Å². The van der Waals surface area contributed by atoms with Crippen molar-refractivity contribution in [3.63, 3.8) is 0 Å². The van der Waals surface area contributed by atoms with Crippen molar-refractivity contribution in [3.8, 4) is 11.8 Å². The molecule has 1 atom stereocenters. The predicted octanol–water partition coefficient (Wildman–Crippen LogP) is 3.51. The minimum Gasteiger partial charge on any atom is -0.489 e. The van der Waals surface area contributed by atoms with Gasteiger partial charge in [-0.2, -0.15) is 5.26 Å². The molecule has 0 saturated carbocycles. The number of carboxylic acids is 1. The number of halogens is 1. The maximum atomic E-state index is 10.8. The molecule has 1 N–H and O–H groups in total. The van der Waals surface area contributed by atoms with Crippen molar-refractivity contribution in [2.24, 2.45) is 0 Å². The first kappa shape index (κ1) is 21.5. The van der Waals surface area contributed by atoms with E-state index in [0.717, 1.165) is 23.3 Å². The summed E-state index contributed by atoms with van der Waals surface area (Å²) in [6, 6.07) is 17.4. The van der Waals surface area contributed by atoms with Gasteiger partial charge in [0.15, 0.2) is 0 Å². The number of nitrogens with zero attached hydrogens (tertiary/aromatic N) is 2. The van der Waals surface area contributed by atoms with Crippen LogP contribution in [0.1, 0.15) is 23.6 Å². The van der Waals surface area contributed by atoms with Crippen molar-refractivity contribution < 1.29 is 14.6 Å². The minimum absolute atomic E-state index is 0. The number of carboxylic acid groups (broad SMARTS) is 1. The lowest BCUT2D eigenvalue weighted by Gasteiger charge is -2.22. The Morgan fingerprint density at radius 3 is 2.27 bits per heavy atom. The molecule has 0 fully saturated rings. The molecule has 2 rings (SSSR count). The van der Waals surface area contributed by atoms with Crippen LogP contribution in [0.4, 0.5) is 0 Å². The third-order valence-corrected chi connectivity index (χ3v) is 4.08. The summed E-state index contributed by atoms with van der Waals surface area (Å²) in [6.45, 7) is 2.49. The number of ether oxygens (including phenoxy) is 1. The lowest BCUT2D eigenvalue weighted by Crippen LogP contribution is -2.35. The van der Waals surface area contributed by atoms with Crippen LogP contribution in [-0.4, -0.2) is 35.6 Å². The molecule has 0 aliphatic rings. The number of carbonyl (C=O) groups is 1. The van der Waals surface area contributed by atoms with E-state index in [2.05, 4.69) is 6.07 Å². The molecule has 0 bridgehead atoms. The zero-order chi connectivity index (χ0) is 18.2. The van der Waals surface area contributed by atoms with Crippen LogP contribution in [0.15, 0.2) is 48.5 Å². The zero-order valence-corrected chi connectivity index (χ0v) is 15.7. The van der Waals surface area contributed by atoms with Gasteiger partial charge in [0.05, 0.1) is 18.2 Å². The van der Waals surface area contributed by atoms with E-state index in [1.54, 1.807) is 12.1 Å². The Hall–Kier alpha value is -2.55. The zero-order valence-electron chi connectivity index (χ0n) is 14.9. The van der Waals surface area contributed by atoms with Crippen LogP contribution in [0, 0.1) is 11.3 Å². The van der Waals surface area contributed by atoms with Crippen molar-refractivity contribution in [2.45, 2.75) is 26.0 Å². The predicted molar refractivity (Wildman–Crippen MR) is 103 cm³/mol. The van der Waals surface area contributed by atoms with Gasteiger partial charge >= 0.3 is 5.97 Å². The third-order valence-electron chi connectivity index (χ3n) is 4.08. The van der Waals surface area contributed by atoms with Crippen LogP contribution >= 0.6 is 12.4 Å². The number of nitriles is 1. The van der Waals surface area contributed by atoms with Gasteiger partial charge < -0.3 is 9.84 Å². The first-order chi connectivity index (χ1) is 12.0. The van der Waals surface area contributed by atoms with Gasteiger partial charge in [-0.1, -0.05) is 24.3 Å². The molecule has 0 radical (unpaired) electrons. The van der Waals surface area contributed by atoms with Gasteiger partial charge in [-0.05, 0) is 55.8 Å². The monoisotopic (exact) mass is 374 g/mol. The Kier molecular flexibility index (Phi) is 8.63. The lowest BCUT2D eigenvalue weighted by molar-refractivity contribution is -0.138. The quantitative estimate of drug-likeness (QED) is 0.765. The fourth-order valence-corrected chi connectivity index (χ4v) is 2.43. The molecule has 6 heteroatoms. The molecule has 0 heterocycles. The fraction of sp³-hybridized carbons (Fsp3) is 0.300. The number of benzene rings is 2. The second kappa shape index (κ2) is 10.4. The van der Waals surface area contributed by atoms with Crippen LogP contribution in [0.25, 0.3) is 0 Å². The average Bonchev–Trinajstić information content (AvgIpc) is 2.61. The van der Waals surface area contributed by atoms with Crippen molar-refractivity contribution in [1.29, 1.82) is 5.26 Å². The summed E-state index contributed by atoms with van der Waals surface area (Å²) in [4.78, 5) is 12.6. The maximum Gasteiger partial charge on any atom is 0.317 e. The standard InChI is InChI=1S/C20H22N2O3.ClH/c1-15(22(2)13-20(23)24)11-16-7-9-19(10-8-16)25-14-18-5-3-17(12-21)4-6-18;/h3-10,15H,11,13-14H2,1-2H3,(H,23,24);1H. The number of likely N-dealkylation sites (N-methyl/N-ethyl adjacent to an activating group) is 1. The van der Waals surface area contributed by atoms with E-state index in [0.29, 0.717) is 12.2 Å². The highest BCUT2D eigenvalue weighted by Crippen LogP contribution is 2.16. The van der Waals surface area contributed by atoms with Crippen LogP contribution < -0.4 is 4.74 Å². The largest absolute Gasteiger partial charge is 0.489 e. The summed E-state index contributed by atoms with van der Waals surface area (Å²) < 4.78 is 5.75. The van der Waals surface area contributed by atoms with Crippen molar-refractivity contribution >= 4 is 18.4 Å². The molecular weight excluding hydrogens is 352 g/mol. The van der Waals surface area contributed by atoms with Gasteiger partial charge in [0.25, 0.3) is 0 Å². The average molecular weight is 375 g/mol. The van der Waals surface area contributed by atoms with Gasteiger partial charge in [-0.15, -0.1) is 12.4 Å². The van der Waals surface area contributed by atoms with E-state index in [4.69, 9.17) is 15.1 Å². The van der Waals surface area contributed by atoms with E-state index >= 15 is 0 Å². The Morgan fingerprint density at radius 1 is 1.15 bits per heavy atom. The molecule has 0 saturated heterocycles. The van der Waals surface area contributed by atoms with Crippen LogP contribution in [0.5, 0.6) is 5.75 Å². The highest BCUT2D eigenvalue weighted by molar-refractivity contribution is 5.85. The van der Waals surface area contributed by atoms with Crippen molar-refractivity contribution in [1.82, 2.24) is 4.90 Å². The Morgan fingerprint density at radius 2 is 1.73 bits per heavy atom.